The van der Waals surface area contributed by atoms with Gasteiger partial charge in [0.15, 0.2) is 36.2 Å². The number of rotatable bonds is 11. The Morgan fingerprint density at radius 3 is 2.27 bits per heavy atom. The van der Waals surface area contributed by atoms with Crippen LogP contribution in [-0.2, 0) is 32.0 Å². The molecule has 5 heterocycles. The van der Waals surface area contributed by atoms with Gasteiger partial charge in [0.05, 0.1) is 19.5 Å². The Bertz CT molecular complexity index is 1630. The monoisotopic (exact) mass is 685 g/mol. The second-order valence-electron chi connectivity index (χ2n) is 9.65. The minimum Gasteiger partial charge on any atom is -0.756 e. The zero-order valence-corrected chi connectivity index (χ0v) is 24.9. The number of hydrogen-bond donors (Lipinski definition) is 7. The zero-order chi connectivity index (χ0) is 32.0. The molecule has 12 N–H and O–H groups in total. The van der Waals surface area contributed by atoms with Crippen LogP contribution in [0.15, 0.2) is 37.2 Å². The molecule has 3 aromatic rings. The third kappa shape index (κ3) is 7.35. The quantitative estimate of drug-likeness (QED) is 0.0576. The average Bonchev–Trinajstić information content (AvgIpc) is 3.61. The number of carbonyl (C=O) groups excluding carboxylic acids is 1. The molecular weight excluding hydrogens is 655 g/mol. The van der Waals surface area contributed by atoms with Gasteiger partial charge in [-0.2, -0.15) is 4.57 Å². The minimum atomic E-state index is -5.68. The number of aliphatic hydroxyl groups excluding tert-OH is 4. The van der Waals surface area contributed by atoms with Gasteiger partial charge in [-0.15, -0.1) is 0 Å². The highest BCUT2D eigenvalue weighted by Crippen LogP contribution is 2.56. The number of nitrogens with zero attached hydrogens (tertiary/aromatic N) is 5. The van der Waals surface area contributed by atoms with Gasteiger partial charge in [-0.1, -0.05) is 0 Å². The molecule has 22 nitrogen and oxygen atoms in total. The van der Waals surface area contributed by atoms with Crippen LogP contribution in [0.3, 0.4) is 0 Å². The number of fused-ring (bicyclic) bond motifs is 1. The fraction of sp³-hybridized carbons (Fsp3) is 0.476. The number of ether oxygens (including phenoxy) is 2. The second kappa shape index (κ2) is 13.4. The second-order valence-corrected chi connectivity index (χ2v) is 12.6. The lowest BCUT2D eigenvalue weighted by Gasteiger charge is -2.31. The van der Waals surface area contributed by atoms with Crippen molar-refractivity contribution in [1.29, 1.82) is 0 Å². The minimum absolute atomic E-state index is 0. The lowest BCUT2D eigenvalue weighted by Crippen LogP contribution is -2.46. The summed E-state index contributed by atoms with van der Waals surface area (Å²) in [7, 11) is -11.4. The van der Waals surface area contributed by atoms with Crippen LogP contribution in [0.1, 0.15) is 22.8 Å². The maximum atomic E-state index is 12.3. The number of aromatic nitrogens is 5. The molecule has 0 radical (unpaired) electrons. The Morgan fingerprint density at radius 1 is 1.00 bits per heavy atom. The average molecular weight is 685 g/mol. The number of amides is 1. The van der Waals surface area contributed by atoms with Gasteiger partial charge >= 0.3 is 0 Å². The molecule has 2 aliphatic heterocycles. The Kier molecular flexibility index (Phi) is 10.3. The highest BCUT2D eigenvalue weighted by atomic mass is 31.3. The third-order valence-corrected chi connectivity index (χ3v) is 9.26. The van der Waals surface area contributed by atoms with Crippen molar-refractivity contribution in [1.82, 2.24) is 25.7 Å². The van der Waals surface area contributed by atoms with E-state index in [2.05, 4.69) is 28.3 Å². The summed E-state index contributed by atoms with van der Waals surface area (Å²) in [5, 5.41) is 41.5. The van der Waals surface area contributed by atoms with Gasteiger partial charge in [-0.3, -0.25) is 18.5 Å². The summed E-state index contributed by atoms with van der Waals surface area (Å²) in [6, 6.07) is 2.80. The molecule has 5 rings (SSSR count). The van der Waals surface area contributed by atoms with Gasteiger partial charge in [-0.25, -0.2) is 19.3 Å². The normalized spacial score (nSPS) is 30.9. The van der Waals surface area contributed by atoms with E-state index < -0.39 is 83.8 Å². The maximum Gasteiger partial charge on any atom is 0.292 e. The number of phosphoric acid groups is 2. The number of phosphoric ester groups is 2. The summed E-state index contributed by atoms with van der Waals surface area (Å²) in [5.74, 6) is -0.743. The van der Waals surface area contributed by atoms with Crippen molar-refractivity contribution in [2.75, 3.05) is 18.9 Å². The zero-order valence-electron chi connectivity index (χ0n) is 23.2. The van der Waals surface area contributed by atoms with Gasteiger partial charge in [0, 0.05) is 6.07 Å². The number of imidazole rings is 1. The van der Waals surface area contributed by atoms with Crippen molar-refractivity contribution in [3.63, 3.8) is 0 Å². The predicted molar refractivity (Wildman–Crippen MR) is 141 cm³/mol. The largest absolute Gasteiger partial charge is 0.756 e. The summed E-state index contributed by atoms with van der Waals surface area (Å²) in [5.41, 5.74) is 11.3. The van der Waals surface area contributed by atoms with E-state index in [-0.39, 0.29) is 28.7 Å². The number of quaternary nitrogens is 1. The van der Waals surface area contributed by atoms with Crippen molar-refractivity contribution in [3.8, 4) is 0 Å². The Morgan fingerprint density at radius 2 is 1.62 bits per heavy atom. The highest BCUT2D eigenvalue weighted by molar-refractivity contribution is 7.59. The number of nitrogen functional groups attached to an aromatic ring is 1. The lowest BCUT2D eigenvalue weighted by molar-refractivity contribution is -0.765. The summed E-state index contributed by atoms with van der Waals surface area (Å²) in [4.78, 5) is 47.8. The SMILES string of the molecule is NC(=O)c1ccc[n+]([13CH]2O[13CH]([13CH2]OP(=O)([O-])OP(=O)([O-])OCC3OC(n4cnc5c(N)ncnc54)[C@H](O)[C@@H]3O)[13C@@H](O)[13C@H]2O)c1.[NH4+]. The maximum absolute atomic E-state index is 12.3. The van der Waals surface area contributed by atoms with Crippen LogP contribution < -0.4 is 32.0 Å². The number of anilines is 1. The van der Waals surface area contributed by atoms with E-state index in [1.54, 1.807) is 0 Å². The molecule has 0 saturated carbocycles. The predicted octanol–water partition coefficient (Wildman–Crippen LogP) is -3.90. The summed E-state index contributed by atoms with van der Waals surface area (Å²) in [6.45, 7) is -1.98. The van der Waals surface area contributed by atoms with E-state index >= 15 is 0 Å². The molecule has 45 heavy (non-hydrogen) atoms. The number of carbonyl (C=O) groups is 1. The van der Waals surface area contributed by atoms with Crippen LogP contribution in [0.4, 0.5) is 5.82 Å². The number of hydrogen-bond acceptors (Lipinski definition) is 18. The van der Waals surface area contributed by atoms with Crippen LogP contribution in [-0.4, -0.2) is 95.7 Å². The fourth-order valence-electron chi connectivity index (χ4n) is 4.56. The number of aliphatic hydroxyl groups is 4. The molecule has 0 spiro atoms. The first-order chi connectivity index (χ1) is 20.7. The summed E-state index contributed by atoms with van der Waals surface area (Å²) in [6.07, 6.45) is -7.26. The Labute approximate surface area is 252 Å². The fourth-order valence-corrected chi connectivity index (χ4v) is 6.58. The van der Waals surface area contributed by atoms with E-state index in [0.29, 0.717) is 0 Å². The van der Waals surface area contributed by atoms with Gasteiger partial charge in [-0.05, 0) is 6.07 Å². The summed E-state index contributed by atoms with van der Waals surface area (Å²) < 4.78 is 51.1. The molecule has 6 unspecified atom stereocenters. The first kappa shape index (κ1) is 34.8. The highest BCUT2D eigenvalue weighted by Gasteiger charge is 2.49. The van der Waals surface area contributed by atoms with E-state index in [9.17, 15) is 44.1 Å². The van der Waals surface area contributed by atoms with Crippen LogP contribution in [0, 0.1) is 0 Å². The molecular formula is C21H30N8O14P2. The van der Waals surface area contributed by atoms with Gasteiger partial charge in [0.1, 0.15) is 47.9 Å². The van der Waals surface area contributed by atoms with Crippen molar-refractivity contribution in [2.45, 2.75) is 49.1 Å². The topological polar surface area (TPSA) is 360 Å². The van der Waals surface area contributed by atoms with Gasteiger partial charge in [0.2, 0.25) is 0 Å². The molecule has 248 valence electrons. The first-order valence-electron chi connectivity index (χ1n) is 12.6. The van der Waals surface area contributed by atoms with Gasteiger partial charge < -0.3 is 66.4 Å². The first-order valence-corrected chi connectivity index (χ1v) is 15.5. The molecule has 0 bridgehead atoms. The van der Waals surface area contributed by atoms with E-state index in [1.165, 1.54) is 40.0 Å². The van der Waals surface area contributed by atoms with Crippen molar-refractivity contribution >= 4 is 38.5 Å². The molecule has 2 saturated heterocycles. The molecule has 1 amide bonds. The molecule has 2 aliphatic rings. The molecule has 2 fully saturated rings. The summed E-state index contributed by atoms with van der Waals surface area (Å²) >= 11 is 0. The van der Waals surface area contributed by atoms with Crippen LogP contribution in [0.2, 0.25) is 0 Å². The molecule has 10 atom stereocenters. The van der Waals surface area contributed by atoms with Gasteiger partial charge in [0.25, 0.3) is 27.8 Å². The van der Waals surface area contributed by atoms with Crippen LogP contribution in [0.5, 0.6) is 0 Å². The number of pyridine rings is 1. The van der Waals surface area contributed by atoms with E-state index in [4.69, 9.17) is 20.9 Å². The van der Waals surface area contributed by atoms with Crippen molar-refractivity contribution in [2.24, 2.45) is 5.73 Å². The molecule has 0 aliphatic carbocycles. The molecule has 0 aromatic carbocycles. The number of nitrogens with two attached hydrogens (primary N) is 2. The smallest absolute Gasteiger partial charge is 0.292 e. The molecule has 24 heteroatoms. The van der Waals surface area contributed by atoms with E-state index in [0.717, 1.165) is 6.33 Å². The lowest BCUT2D eigenvalue weighted by atomic mass is 10.1. The van der Waals surface area contributed by atoms with Crippen LogP contribution in [0.25, 0.3) is 11.2 Å². The van der Waals surface area contributed by atoms with Crippen LogP contribution >= 0.6 is 15.6 Å². The Hall–Kier alpha value is -3.05. The van der Waals surface area contributed by atoms with Crippen molar-refractivity contribution in [3.05, 3.63) is 42.7 Å². The Balaban J connectivity index is 0.00000461. The van der Waals surface area contributed by atoms with E-state index in [1.807, 2.05) is 0 Å². The number of primary amides is 1. The third-order valence-electron chi connectivity index (χ3n) is 6.73. The standard InChI is InChI=1S/C21H27N7O14P2.H3N/c22-17-12-19(25-7-24-17)28(8-26-12)21-16(32)14(30)11(41-21)6-39-44(36,37)42-43(34,35)38-5-10-13(29)15(31)20(40-10)27-3-1-2-9(4-27)18(23)33;/h1-4,7-8,10-11,13-16,20-21,29-32H,5-6H2,(H5-,22,23,24,25,33,34,35,36,37);1H3/t10?,11?,13-,14-,15-,16-,20?,21?;/m1./s1/i5+1,10+1,13+1,15+1,20+1;. The van der Waals surface area contributed by atoms with Crippen molar-refractivity contribution < 1.29 is 71.5 Å². The molecule has 3 aromatic heterocycles.